The first kappa shape index (κ1) is 28.2. The number of nitrogens with zero attached hydrogens (tertiary/aromatic N) is 2. The fraction of sp³-hybridized carbons (Fsp3) is 0.0667. The number of hydrogen-bond donors (Lipinski definition) is 0. The van der Waals surface area contributed by atoms with Gasteiger partial charge in [0, 0.05) is 43.7 Å². The first-order chi connectivity index (χ1) is 23.9. The summed E-state index contributed by atoms with van der Waals surface area (Å²) in [5.41, 5.74) is 11.4. The van der Waals surface area contributed by atoms with Crippen LogP contribution < -0.4 is 5.19 Å². The van der Waals surface area contributed by atoms with Gasteiger partial charge in [0.1, 0.15) is 11.2 Å². The van der Waals surface area contributed by atoms with Crippen LogP contribution in [0.5, 0.6) is 0 Å². The fourth-order valence-electron chi connectivity index (χ4n) is 7.82. The Balaban J connectivity index is 1.14. The summed E-state index contributed by atoms with van der Waals surface area (Å²) < 4.78 is 11.0. The van der Waals surface area contributed by atoms with Crippen LogP contribution in [0.4, 0.5) is 0 Å². The van der Waals surface area contributed by atoms with Crippen molar-refractivity contribution < 1.29 is 4.42 Å². The monoisotopic (exact) mass is 646 g/mol. The summed E-state index contributed by atoms with van der Waals surface area (Å²) in [4.78, 5) is 0. The molecule has 49 heavy (non-hydrogen) atoms. The van der Waals surface area contributed by atoms with Crippen molar-refractivity contribution in [3.63, 3.8) is 0 Å². The van der Waals surface area contributed by atoms with Gasteiger partial charge in [0.2, 0.25) is 0 Å². The van der Waals surface area contributed by atoms with Crippen LogP contribution in [0, 0.1) is 0 Å². The summed E-state index contributed by atoms with van der Waals surface area (Å²) in [7, 11) is -1.38. The zero-order valence-corrected chi connectivity index (χ0v) is 28.7. The second kappa shape index (κ2) is 10.3. The second-order valence-electron chi connectivity index (χ2n) is 14.2. The molecule has 0 amide bonds. The van der Waals surface area contributed by atoms with Crippen molar-refractivity contribution in [1.29, 1.82) is 0 Å². The quantitative estimate of drug-likeness (QED) is 0.175. The first-order valence-electron chi connectivity index (χ1n) is 17.0. The van der Waals surface area contributed by atoms with Gasteiger partial charge in [-0.1, -0.05) is 104 Å². The highest BCUT2D eigenvalue weighted by Gasteiger charge is 2.19. The van der Waals surface area contributed by atoms with E-state index >= 15 is 0 Å². The molecular weight excluding hydrogens is 613 g/mol. The highest BCUT2D eigenvalue weighted by molar-refractivity contribution is 6.88. The molecule has 0 radical (unpaired) electrons. The van der Waals surface area contributed by atoms with Gasteiger partial charge in [-0.3, -0.25) is 0 Å². The van der Waals surface area contributed by atoms with Gasteiger partial charge in [0.15, 0.2) is 0 Å². The molecule has 0 spiro atoms. The van der Waals surface area contributed by atoms with Gasteiger partial charge in [-0.05, 0) is 83.9 Å². The van der Waals surface area contributed by atoms with E-state index in [0.29, 0.717) is 0 Å². The second-order valence-corrected chi connectivity index (χ2v) is 19.3. The van der Waals surface area contributed by atoms with E-state index < -0.39 is 8.07 Å². The number of furan rings is 1. The first-order valence-corrected chi connectivity index (χ1v) is 20.5. The van der Waals surface area contributed by atoms with Crippen LogP contribution in [0.25, 0.3) is 88.1 Å². The number of benzene rings is 7. The molecule has 3 heterocycles. The lowest BCUT2D eigenvalue weighted by Crippen LogP contribution is -2.37. The molecule has 0 bridgehead atoms. The topological polar surface area (TPSA) is 23.0 Å². The van der Waals surface area contributed by atoms with Crippen LogP contribution in [0.3, 0.4) is 0 Å². The van der Waals surface area contributed by atoms with Crippen molar-refractivity contribution in [2.75, 3.05) is 0 Å². The molecule has 3 aromatic heterocycles. The predicted octanol–water partition coefficient (Wildman–Crippen LogP) is 12.0. The molecule has 3 nitrogen and oxygen atoms in total. The van der Waals surface area contributed by atoms with Crippen molar-refractivity contribution in [3.05, 3.63) is 152 Å². The van der Waals surface area contributed by atoms with Gasteiger partial charge in [0.25, 0.3) is 0 Å². The zero-order chi connectivity index (χ0) is 32.9. The molecule has 0 aliphatic rings. The minimum Gasteiger partial charge on any atom is -0.456 e. The van der Waals surface area contributed by atoms with Crippen molar-refractivity contribution in [2.24, 2.45) is 0 Å². The van der Waals surface area contributed by atoms with Crippen molar-refractivity contribution >= 4 is 78.8 Å². The third-order valence-electron chi connectivity index (χ3n) is 10.3. The Labute approximate surface area is 285 Å². The molecule has 0 aliphatic carbocycles. The molecule has 0 fully saturated rings. The van der Waals surface area contributed by atoms with E-state index in [2.05, 4.69) is 168 Å². The normalized spacial score (nSPS) is 12.4. The molecule has 7 aromatic carbocycles. The number of fused-ring (bicyclic) bond motifs is 9. The molecule has 0 atom stereocenters. The van der Waals surface area contributed by atoms with E-state index in [0.717, 1.165) is 27.6 Å². The Morgan fingerprint density at radius 2 is 0.878 bits per heavy atom. The van der Waals surface area contributed by atoms with Crippen LogP contribution >= 0.6 is 0 Å². The maximum Gasteiger partial charge on any atom is 0.135 e. The number of hydrogen-bond acceptors (Lipinski definition) is 1. The van der Waals surface area contributed by atoms with E-state index in [-0.39, 0.29) is 0 Å². The Morgan fingerprint density at radius 1 is 0.388 bits per heavy atom. The predicted molar refractivity (Wildman–Crippen MR) is 211 cm³/mol. The van der Waals surface area contributed by atoms with E-state index in [9.17, 15) is 0 Å². The molecule has 4 heteroatoms. The minimum absolute atomic E-state index is 0.910. The molecule has 10 rings (SSSR count). The molecule has 0 unspecified atom stereocenters. The van der Waals surface area contributed by atoms with Gasteiger partial charge < -0.3 is 13.6 Å². The van der Waals surface area contributed by atoms with Crippen molar-refractivity contribution in [3.8, 4) is 22.5 Å². The Bertz CT molecular complexity index is 2910. The third kappa shape index (κ3) is 4.27. The summed E-state index contributed by atoms with van der Waals surface area (Å²) >= 11 is 0. The maximum absolute atomic E-state index is 6.16. The zero-order valence-electron chi connectivity index (χ0n) is 27.7. The summed E-state index contributed by atoms with van der Waals surface area (Å²) in [6.45, 7) is 7.21. The summed E-state index contributed by atoms with van der Waals surface area (Å²) in [5, 5.41) is 8.79. The van der Waals surface area contributed by atoms with E-state index in [4.69, 9.17) is 4.42 Å². The van der Waals surface area contributed by atoms with Crippen LogP contribution in [-0.4, -0.2) is 17.2 Å². The van der Waals surface area contributed by atoms with Gasteiger partial charge in [-0.15, -0.1) is 0 Å². The molecule has 0 saturated heterocycles. The SMILES string of the molecule is C[Si](C)(C)c1ccc(-n2c3ccccc3c3cc(-c4ccc5c(c4)c4ccccc4n5-c4ccc5oc6ccccc6c5c4)ccc32)cc1. The van der Waals surface area contributed by atoms with E-state index in [1.54, 1.807) is 0 Å². The Morgan fingerprint density at radius 3 is 1.49 bits per heavy atom. The average Bonchev–Trinajstić information content (AvgIpc) is 3.78. The van der Waals surface area contributed by atoms with Gasteiger partial charge in [-0.25, -0.2) is 0 Å². The minimum atomic E-state index is -1.38. The molecule has 0 aliphatic heterocycles. The lowest BCUT2D eigenvalue weighted by atomic mass is 10.0. The summed E-state index contributed by atoms with van der Waals surface area (Å²) in [6.07, 6.45) is 0. The molecule has 0 N–H and O–H groups in total. The number of aromatic nitrogens is 2. The largest absolute Gasteiger partial charge is 0.456 e. The Kier molecular flexibility index (Phi) is 5.94. The average molecular weight is 647 g/mol. The molecular formula is C45H34N2OSi. The van der Waals surface area contributed by atoms with Crippen LogP contribution in [0.1, 0.15) is 0 Å². The van der Waals surface area contributed by atoms with Crippen LogP contribution in [-0.2, 0) is 0 Å². The lowest BCUT2D eigenvalue weighted by Gasteiger charge is -2.17. The number of para-hydroxylation sites is 3. The molecule has 0 saturated carbocycles. The lowest BCUT2D eigenvalue weighted by molar-refractivity contribution is 0.669. The summed E-state index contributed by atoms with van der Waals surface area (Å²) in [5.74, 6) is 0. The van der Waals surface area contributed by atoms with Gasteiger partial charge >= 0.3 is 0 Å². The van der Waals surface area contributed by atoms with Crippen molar-refractivity contribution in [2.45, 2.75) is 19.6 Å². The Hall–Kier alpha value is -5.84. The van der Waals surface area contributed by atoms with Crippen molar-refractivity contribution in [1.82, 2.24) is 9.13 Å². The van der Waals surface area contributed by atoms with E-state index in [1.807, 2.05) is 12.1 Å². The van der Waals surface area contributed by atoms with Gasteiger partial charge in [0.05, 0.1) is 30.1 Å². The highest BCUT2D eigenvalue weighted by Crippen LogP contribution is 2.39. The maximum atomic E-state index is 6.16. The van der Waals surface area contributed by atoms with E-state index in [1.165, 1.54) is 65.6 Å². The summed E-state index contributed by atoms with van der Waals surface area (Å²) in [6, 6.07) is 55.5. The van der Waals surface area contributed by atoms with Gasteiger partial charge in [-0.2, -0.15) is 0 Å². The van der Waals surface area contributed by atoms with Crippen LogP contribution in [0.15, 0.2) is 156 Å². The molecule has 234 valence electrons. The fourth-order valence-corrected chi connectivity index (χ4v) is 8.99. The third-order valence-corrected chi connectivity index (χ3v) is 12.4. The number of rotatable bonds is 4. The highest BCUT2D eigenvalue weighted by atomic mass is 28.3. The van der Waals surface area contributed by atoms with Crippen LogP contribution in [0.2, 0.25) is 19.6 Å². The smallest absolute Gasteiger partial charge is 0.135 e. The molecule has 10 aromatic rings. The standard InChI is InChI=1S/C45H34N2OSi/c1-49(2,3)33-21-18-31(19-22-33)46-40-13-7-4-10-34(40)37-26-29(16-23-42(37)46)30-17-24-43-38(27-30)35-11-5-8-14-41(35)47(43)32-20-25-45-39(28-32)36-12-6-9-15-44(36)48-45/h4-28H,1-3H3.